The van der Waals surface area contributed by atoms with Crippen LogP contribution >= 0.6 is 12.2 Å². The number of nitrogens with zero attached hydrogens (tertiary/aromatic N) is 3. The lowest BCUT2D eigenvalue weighted by Crippen LogP contribution is -2.38. The Kier molecular flexibility index (Phi) is 2.60. The third-order valence-corrected chi connectivity index (χ3v) is 3.14. The number of nitrogens with one attached hydrogen (secondary N) is 1. The maximum Gasteiger partial charge on any atom is 0.222 e. The van der Waals surface area contributed by atoms with Crippen LogP contribution in [0.25, 0.3) is 0 Å². The van der Waals surface area contributed by atoms with Gasteiger partial charge in [0.1, 0.15) is 5.82 Å². The Bertz CT molecular complexity index is 436. The Hall–Kier alpha value is -1.17. The molecule has 1 saturated heterocycles. The quantitative estimate of drug-likeness (QED) is 0.728. The smallest absolute Gasteiger partial charge is 0.222 e. The number of carbonyl (C=O) groups is 1. The number of amides is 1. The molecule has 1 atom stereocenters. The second kappa shape index (κ2) is 3.77. The zero-order valence-electron chi connectivity index (χ0n) is 8.86. The van der Waals surface area contributed by atoms with Crippen molar-refractivity contribution in [2.24, 2.45) is 0 Å². The van der Waals surface area contributed by atoms with Gasteiger partial charge in [-0.1, -0.05) is 0 Å². The number of aromatic amines is 1. The predicted molar refractivity (Wildman–Crippen MR) is 58.1 cm³/mol. The first-order chi connectivity index (χ1) is 7.09. The summed E-state index contributed by atoms with van der Waals surface area (Å²) in [6, 6.07) is 0.263. The van der Waals surface area contributed by atoms with Gasteiger partial charge in [0.05, 0.1) is 6.04 Å². The standard InChI is InChI=1S/C9H14N4OS/c1-6-10-11-9(15)13(6)7-3-4-8(14)12(2)5-7/h7H,3-5H2,1-2H3,(H,11,15). The Morgan fingerprint density at radius 3 is 2.87 bits per heavy atom. The fourth-order valence-corrected chi connectivity index (χ4v) is 2.34. The summed E-state index contributed by atoms with van der Waals surface area (Å²) in [5.41, 5.74) is 0. The first-order valence-electron chi connectivity index (χ1n) is 4.97. The van der Waals surface area contributed by atoms with Gasteiger partial charge in [-0.15, -0.1) is 0 Å². The van der Waals surface area contributed by atoms with Crippen LogP contribution in [-0.4, -0.2) is 39.2 Å². The van der Waals surface area contributed by atoms with Crippen LogP contribution in [0.15, 0.2) is 0 Å². The normalized spacial score (nSPS) is 22.1. The van der Waals surface area contributed by atoms with Gasteiger partial charge in [-0.05, 0) is 25.6 Å². The lowest BCUT2D eigenvalue weighted by molar-refractivity contribution is -0.132. The molecule has 0 aliphatic carbocycles. The minimum atomic E-state index is 0.207. The second-order valence-electron chi connectivity index (χ2n) is 3.91. The Morgan fingerprint density at radius 2 is 2.33 bits per heavy atom. The Labute approximate surface area is 93.1 Å². The molecule has 0 aromatic carbocycles. The van der Waals surface area contributed by atoms with Crippen LogP contribution in [-0.2, 0) is 4.79 Å². The van der Waals surface area contributed by atoms with Crippen LogP contribution in [0.1, 0.15) is 24.7 Å². The minimum Gasteiger partial charge on any atom is -0.344 e. The van der Waals surface area contributed by atoms with Crippen LogP contribution in [0.3, 0.4) is 0 Å². The van der Waals surface area contributed by atoms with E-state index in [-0.39, 0.29) is 11.9 Å². The van der Waals surface area contributed by atoms with Crippen molar-refractivity contribution in [3.63, 3.8) is 0 Å². The zero-order chi connectivity index (χ0) is 11.0. The van der Waals surface area contributed by atoms with E-state index in [0.29, 0.717) is 17.7 Å². The molecule has 1 fully saturated rings. The number of likely N-dealkylation sites (tertiary alicyclic amines) is 1. The molecule has 1 aromatic heterocycles. The number of rotatable bonds is 1. The molecule has 1 aromatic rings. The summed E-state index contributed by atoms with van der Waals surface area (Å²) in [4.78, 5) is 13.1. The molecular formula is C9H14N4OS. The molecule has 5 nitrogen and oxygen atoms in total. The van der Waals surface area contributed by atoms with E-state index in [1.54, 1.807) is 4.90 Å². The highest BCUT2D eigenvalue weighted by Crippen LogP contribution is 2.22. The summed E-state index contributed by atoms with van der Waals surface area (Å²) in [5.74, 6) is 1.09. The van der Waals surface area contributed by atoms with Gasteiger partial charge in [0.2, 0.25) is 5.91 Å². The highest BCUT2D eigenvalue weighted by Gasteiger charge is 2.25. The van der Waals surface area contributed by atoms with E-state index in [1.165, 1.54) is 0 Å². The average molecular weight is 226 g/mol. The van der Waals surface area contributed by atoms with E-state index in [9.17, 15) is 4.79 Å². The van der Waals surface area contributed by atoms with Crippen molar-refractivity contribution in [3.05, 3.63) is 10.6 Å². The lowest BCUT2D eigenvalue weighted by Gasteiger charge is -2.30. The molecule has 2 heterocycles. The fraction of sp³-hybridized carbons (Fsp3) is 0.667. The molecule has 6 heteroatoms. The molecule has 1 N–H and O–H groups in total. The van der Waals surface area contributed by atoms with Crippen molar-refractivity contribution in [2.75, 3.05) is 13.6 Å². The minimum absolute atomic E-state index is 0.207. The lowest BCUT2D eigenvalue weighted by atomic mass is 10.1. The van der Waals surface area contributed by atoms with E-state index >= 15 is 0 Å². The van der Waals surface area contributed by atoms with E-state index < -0.39 is 0 Å². The summed E-state index contributed by atoms with van der Waals surface area (Å²) in [7, 11) is 1.83. The van der Waals surface area contributed by atoms with Crippen molar-refractivity contribution in [3.8, 4) is 0 Å². The molecule has 1 amide bonds. The number of carbonyl (C=O) groups excluding carboxylic acids is 1. The first-order valence-corrected chi connectivity index (χ1v) is 5.38. The first kappa shape index (κ1) is 10.4. The van der Waals surface area contributed by atoms with Crippen molar-refractivity contribution < 1.29 is 4.79 Å². The monoisotopic (exact) mass is 226 g/mol. The van der Waals surface area contributed by atoms with Crippen LogP contribution in [0, 0.1) is 11.7 Å². The summed E-state index contributed by atoms with van der Waals surface area (Å²) >= 11 is 5.16. The maximum absolute atomic E-state index is 11.3. The molecular weight excluding hydrogens is 212 g/mol. The topological polar surface area (TPSA) is 53.9 Å². The molecule has 2 rings (SSSR count). The molecule has 82 valence electrons. The van der Waals surface area contributed by atoms with E-state index in [1.807, 2.05) is 18.5 Å². The van der Waals surface area contributed by atoms with Gasteiger partial charge in [-0.3, -0.25) is 14.5 Å². The average Bonchev–Trinajstić information content (AvgIpc) is 2.52. The number of likely N-dealkylation sites (N-methyl/N-ethyl adjacent to an activating group) is 1. The Morgan fingerprint density at radius 1 is 1.60 bits per heavy atom. The van der Waals surface area contributed by atoms with Gasteiger partial charge in [0.15, 0.2) is 4.77 Å². The van der Waals surface area contributed by atoms with Crippen molar-refractivity contribution in [1.82, 2.24) is 19.7 Å². The molecule has 1 aliphatic rings. The number of hydrogen-bond acceptors (Lipinski definition) is 3. The van der Waals surface area contributed by atoms with Crippen LogP contribution in [0.4, 0.5) is 0 Å². The third kappa shape index (κ3) is 1.81. The van der Waals surface area contributed by atoms with Gasteiger partial charge in [-0.25, -0.2) is 0 Å². The largest absolute Gasteiger partial charge is 0.344 e. The van der Waals surface area contributed by atoms with Crippen LogP contribution in [0.5, 0.6) is 0 Å². The number of H-pyrrole nitrogens is 1. The van der Waals surface area contributed by atoms with E-state index in [2.05, 4.69) is 10.2 Å². The van der Waals surface area contributed by atoms with Gasteiger partial charge >= 0.3 is 0 Å². The van der Waals surface area contributed by atoms with Crippen molar-refractivity contribution in [1.29, 1.82) is 0 Å². The number of hydrogen-bond donors (Lipinski definition) is 1. The molecule has 0 saturated carbocycles. The summed E-state index contributed by atoms with van der Waals surface area (Å²) < 4.78 is 2.64. The van der Waals surface area contributed by atoms with Crippen molar-refractivity contribution in [2.45, 2.75) is 25.8 Å². The van der Waals surface area contributed by atoms with Crippen molar-refractivity contribution >= 4 is 18.1 Å². The predicted octanol–water partition coefficient (Wildman–Crippen LogP) is 1.04. The second-order valence-corrected chi connectivity index (χ2v) is 4.30. The van der Waals surface area contributed by atoms with Gasteiger partial charge in [0, 0.05) is 20.0 Å². The fourth-order valence-electron chi connectivity index (χ4n) is 2.01. The maximum atomic E-state index is 11.3. The summed E-state index contributed by atoms with van der Waals surface area (Å²) in [5, 5.41) is 6.85. The zero-order valence-corrected chi connectivity index (χ0v) is 9.67. The molecule has 15 heavy (non-hydrogen) atoms. The number of aryl methyl sites for hydroxylation is 1. The third-order valence-electron chi connectivity index (χ3n) is 2.85. The van der Waals surface area contributed by atoms with Gasteiger partial charge < -0.3 is 4.90 Å². The molecule has 1 unspecified atom stereocenters. The number of aromatic nitrogens is 3. The molecule has 1 aliphatic heterocycles. The summed E-state index contributed by atoms with van der Waals surface area (Å²) in [6.45, 7) is 2.64. The van der Waals surface area contributed by atoms with Crippen LogP contribution < -0.4 is 0 Å². The Balaban J connectivity index is 2.26. The molecule has 0 bridgehead atoms. The number of piperidine rings is 1. The summed E-state index contributed by atoms with van der Waals surface area (Å²) in [6.07, 6.45) is 1.44. The SMILES string of the molecule is Cc1n[nH]c(=S)n1C1CCC(=O)N(C)C1. The van der Waals surface area contributed by atoms with E-state index in [0.717, 1.165) is 12.2 Å². The highest BCUT2D eigenvalue weighted by atomic mass is 32.1. The van der Waals surface area contributed by atoms with E-state index in [4.69, 9.17) is 12.2 Å². The van der Waals surface area contributed by atoms with Gasteiger partial charge in [0.25, 0.3) is 0 Å². The highest BCUT2D eigenvalue weighted by molar-refractivity contribution is 7.71. The van der Waals surface area contributed by atoms with Gasteiger partial charge in [-0.2, -0.15) is 5.10 Å². The van der Waals surface area contributed by atoms with Crippen LogP contribution in [0.2, 0.25) is 0 Å². The molecule has 0 radical (unpaired) electrons. The molecule has 0 spiro atoms.